The van der Waals surface area contributed by atoms with Crippen LogP contribution in [-0.4, -0.2) is 6.16 Å². The average molecular weight is 521 g/mol. The van der Waals surface area contributed by atoms with Gasteiger partial charge in [-0.15, -0.1) is 0 Å². The van der Waals surface area contributed by atoms with E-state index in [1.54, 1.807) is 0 Å². The van der Waals surface area contributed by atoms with E-state index in [1.807, 2.05) is 0 Å². The first kappa shape index (κ1) is 25.1. The minimum absolute atomic E-state index is 0.364. The van der Waals surface area contributed by atoms with Crippen molar-refractivity contribution in [2.75, 3.05) is 6.16 Å². The third-order valence-electron chi connectivity index (χ3n) is 8.13. The van der Waals surface area contributed by atoms with Gasteiger partial charge in [-0.25, -0.2) is 0 Å². The van der Waals surface area contributed by atoms with E-state index >= 15 is 0 Å². The van der Waals surface area contributed by atoms with Crippen molar-refractivity contribution >= 4 is 23.2 Å². The van der Waals surface area contributed by atoms with E-state index in [1.165, 1.54) is 32.6 Å². The molecule has 0 amide bonds. The molecule has 0 aliphatic carbocycles. The zero-order chi connectivity index (χ0) is 26.4. The Hall–Kier alpha value is -4.25. The maximum atomic E-state index is 2.36. The number of rotatable bonds is 8. The fourth-order valence-electron chi connectivity index (χ4n) is 6.35. The molecule has 0 unspecified atom stereocenters. The molecule has 0 aromatic heterocycles. The molecule has 6 aromatic carbocycles. The third-order valence-corrected chi connectivity index (χ3v) is 13.1. The van der Waals surface area contributed by atoms with Crippen molar-refractivity contribution in [3.63, 3.8) is 0 Å². The molecule has 0 nitrogen and oxygen atoms in total. The van der Waals surface area contributed by atoms with Crippen molar-refractivity contribution in [1.82, 2.24) is 0 Å². The molecule has 0 saturated heterocycles. The summed E-state index contributed by atoms with van der Waals surface area (Å²) in [4.78, 5) is 0. The number of benzene rings is 6. The molecule has 0 aliphatic rings. The fourth-order valence-corrected chi connectivity index (χ4v) is 11.7. The van der Waals surface area contributed by atoms with Crippen LogP contribution in [0, 0.1) is 0 Å². The summed E-state index contributed by atoms with van der Waals surface area (Å²) in [7, 11) is -2.61. The maximum absolute atomic E-state index is 2.61. The Morgan fingerprint density at radius 1 is 0.308 bits per heavy atom. The van der Waals surface area contributed by atoms with E-state index in [0.29, 0.717) is 0 Å². The second kappa shape index (κ2) is 11.2. The van der Waals surface area contributed by atoms with Gasteiger partial charge in [0.2, 0.25) is 0 Å². The molecule has 0 N–H and O–H groups in total. The molecule has 0 spiro atoms. The van der Waals surface area contributed by atoms with Crippen LogP contribution in [0.25, 0.3) is 0 Å². The third kappa shape index (κ3) is 4.63. The van der Waals surface area contributed by atoms with Crippen LogP contribution in [0.2, 0.25) is 0 Å². The summed E-state index contributed by atoms with van der Waals surface area (Å²) in [5.74, 6) is 0. The fraction of sp³-hybridized carbons (Fsp3) is 0.0526. The van der Waals surface area contributed by atoms with Crippen molar-refractivity contribution in [2.45, 2.75) is 5.41 Å². The Labute approximate surface area is 233 Å². The van der Waals surface area contributed by atoms with Crippen LogP contribution in [0.4, 0.5) is 0 Å². The minimum atomic E-state index is -2.61. The van der Waals surface area contributed by atoms with Gasteiger partial charge >= 0.3 is 233 Å². The molecule has 6 rings (SSSR count). The van der Waals surface area contributed by atoms with E-state index in [2.05, 4.69) is 182 Å². The van der Waals surface area contributed by atoms with Gasteiger partial charge in [-0.3, -0.25) is 0 Å². The Balaban J connectivity index is 1.76. The molecule has 190 valence electrons. The van der Waals surface area contributed by atoms with Crippen LogP contribution in [0.5, 0.6) is 0 Å². The first-order chi connectivity index (χ1) is 19.3. The molecule has 0 saturated carbocycles. The van der Waals surface area contributed by atoms with E-state index < -0.39 is 7.26 Å². The van der Waals surface area contributed by atoms with Gasteiger partial charge in [0.05, 0.1) is 0 Å². The van der Waals surface area contributed by atoms with Gasteiger partial charge in [0.15, 0.2) is 0 Å². The Morgan fingerprint density at radius 2 is 0.538 bits per heavy atom. The zero-order valence-electron chi connectivity index (χ0n) is 22.0. The summed E-state index contributed by atoms with van der Waals surface area (Å²) in [5, 5.41) is 4.28. The van der Waals surface area contributed by atoms with E-state index in [-0.39, 0.29) is 5.41 Å². The van der Waals surface area contributed by atoms with E-state index in [9.17, 15) is 0 Å². The monoisotopic (exact) mass is 520 g/mol. The number of hydrogen-bond donors (Lipinski definition) is 0. The summed E-state index contributed by atoms with van der Waals surface area (Å²) in [6, 6.07) is 67.2. The van der Waals surface area contributed by atoms with E-state index in [4.69, 9.17) is 0 Å². The van der Waals surface area contributed by atoms with E-state index in [0.717, 1.165) is 6.16 Å². The topological polar surface area (TPSA) is 0 Å². The molecule has 1 heteroatoms. The van der Waals surface area contributed by atoms with Crippen LogP contribution >= 0.6 is 7.26 Å². The molecule has 39 heavy (non-hydrogen) atoms. The normalized spacial score (nSPS) is 12.1. The van der Waals surface area contributed by atoms with Crippen LogP contribution in [0.3, 0.4) is 0 Å². The van der Waals surface area contributed by atoms with Crippen LogP contribution in [-0.2, 0) is 5.41 Å². The molecular formula is C38H33P. The van der Waals surface area contributed by atoms with Gasteiger partial charge in [0.25, 0.3) is 0 Å². The van der Waals surface area contributed by atoms with Crippen molar-refractivity contribution < 1.29 is 0 Å². The van der Waals surface area contributed by atoms with Crippen molar-refractivity contribution in [2.24, 2.45) is 0 Å². The van der Waals surface area contributed by atoms with Gasteiger partial charge < -0.3 is 0 Å². The standard InChI is InChI=1S/C38H33P/c1-7-19-32(20-8-1)38(33-21-9-2-10-22-33,34-23-11-3-12-24-34)31-39(35-25-13-4-14-26-35,36-27-15-5-16-28-36)37-29-17-6-18-30-37/h1-30,39H,31H2. The molecule has 0 heterocycles. The quantitative estimate of drug-likeness (QED) is 0.142. The molecule has 0 radical (unpaired) electrons. The van der Waals surface area contributed by atoms with Crippen LogP contribution in [0.15, 0.2) is 182 Å². The van der Waals surface area contributed by atoms with Crippen molar-refractivity contribution in [1.29, 1.82) is 0 Å². The van der Waals surface area contributed by atoms with Gasteiger partial charge in [-0.05, 0) is 0 Å². The summed E-state index contributed by atoms with van der Waals surface area (Å²) in [6.45, 7) is 0. The number of hydrogen-bond acceptors (Lipinski definition) is 0. The van der Waals surface area contributed by atoms with Gasteiger partial charge in [-0.1, -0.05) is 0 Å². The molecule has 0 fully saturated rings. The molecule has 0 bridgehead atoms. The van der Waals surface area contributed by atoms with Gasteiger partial charge in [-0.2, -0.15) is 0 Å². The second-order valence-electron chi connectivity index (χ2n) is 10.2. The predicted octanol–water partition coefficient (Wildman–Crippen LogP) is 7.75. The zero-order valence-corrected chi connectivity index (χ0v) is 23.0. The Morgan fingerprint density at radius 3 is 0.795 bits per heavy atom. The summed E-state index contributed by atoms with van der Waals surface area (Å²) >= 11 is 0. The van der Waals surface area contributed by atoms with Crippen LogP contribution in [0.1, 0.15) is 16.7 Å². The first-order valence-corrected chi connectivity index (χ1v) is 15.9. The second-order valence-corrected chi connectivity index (χ2v) is 14.1. The van der Waals surface area contributed by atoms with Gasteiger partial charge in [0.1, 0.15) is 0 Å². The first-order valence-electron chi connectivity index (χ1n) is 13.7. The van der Waals surface area contributed by atoms with Crippen molar-refractivity contribution in [3.8, 4) is 0 Å². The predicted molar refractivity (Wildman–Crippen MR) is 171 cm³/mol. The SMILES string of the molecule is c1ccc(C(C[PH](c2ccccc2)(c2ccccc2)c2ccccc2)(c2ccccc2)c2ccccc2)cc1. The summed E-state index contributed by atoms with van der Waals surface area (Å²) in [6.07, 6.45) is 0.954. The summed E-state index contributed by atoms with van der Waals surface area (Å²) in [5.41, 5.74) is 3.60. The summed E-state index contributed by atoms with van der Waals surface area (Å²) < 4.78 is 0. The molecule has 6 aromatic rings. The van der Waals surface area contributed by atoms with Crippen molar-refractivity contribution in [3.05, 3.63) is 199 Å². The Kier molecular flexibility index (Phi) is 7.22. The van der Waals surface area contributed by atoms with Gasteiger partial charge in [0, 0.05) is 0 Å². The Bertz CT molecular complexity index is 1260. The molecule has 0 aliphatic heterocycles. The van der Waals surface area contributed by atoms with Crippen LogP contribution < -0.4 is 15.9 Å². The molecular weight excluding hydrogens is 487 g/mol. The average Bonchev–Trinajstić information content (AvgIpc) is 3.04. The molecule has 0 atom stereocenters.